The minimum absolute atomic E-state index is 0.0198. The number of carbonyl (C=O) groups excluding carboxylic acids is 1. The van der Waals surface area contributed by atoms with E-state index < -0.39 is 36.7 Å². The number of sulfonamides is 1. The Balaban J connectivity index is 1.76. The van der Waals surface area contributed by atoms with Crippen molar-refractivity contribution in [3.8, 4) is 0 Å². The van der Waals surface area contributed by atoms with E-state index in [1.54, 1.807) is 0 Å². The number of hydrogen-bond acceptors (Lipinski definition) is 8. The second-order valence-corrected chi connectivity index (χ2v) is 11.2. The minimum atomic E-state index is -3.96. The minimum Gasteiger partial charge on any atom is -0.375 e. The number of hydrogen-bond donors (Lipinski definition) is 2. The number of carbonyl (C=O) groups is 1. The van der Waals surface area contributed by atoms with Gasteiger partial charge < -0.3 is 10.6 Å². The van der Waals surface area contributed by atoms with Gasteiger partial charge in [0.2, 0.25) is 15.9 Å². The van der Waals surface area contributed by atoms with E-state index in [1.807, 2.05) is 0 Å². The average molecular weight is 447 g/mol. The fourth-order valence-corrected chi connectivity index (χ4v) is 6.79. The highest BCUT2D eigenvalue weighted by Crippen LogP contribution is 2.30. The smallest absolute Gasteiger partial charge is 0.270 e. The molecule has 1 aromatic rings. The van der Waals surface area contributed by atoms with Gasteiger partial charge in [-0.2, -0.15) is 4.31 Å². The Labute approximate surface area is 168 Å². The molecule has 29 heavy (non-hydrogen) atoms. The van der Waals surface area contributed by atoms with Crippen LogP contribution >= 0.6 is 0 Å². The van der Waals surface area contributed by atoms with Gasteiger partial charge in [0, 0.05) is 31.3 Å². The zero-order valence-corrected chi connectivity index (χ0v) is 17.2. The highest BCUT2D eigenvalue weighted by molar-refractivity contribution is 7.91. The molecule has 1 atom stereocenters. The van der Waals surface area contributed by atoms with Crippen molar-refractivity contribution in [3.05, 3.63) is 28.3 Å². The fraction of sp³-hybridized carbons (Fsp3) is 0.562. The summed E-state index contributed by atoms with van der Waals surface area (Å²) in [5.41, 5.74) is -0.286. The van der Waals surface area contributed by atoms with Gasteiger partial charge in [-0.15, -0.1) is 0 Å². The molecule has 0 unspecified atom stereocenters. The van der Waals surface area contributed by atoms with Gasteiger partial charge in [-0.1, -0.05) is 0 Å². The second kappa shape index (κ2) is 8.24. The third-order valence-corrected chi connectivity index (χ3v) is 8.60. The fourth-order valence-electron chi connectivity index (χ4n) is 3.41. The van der Waals surface area contributed by atoms with E-state index in [1.165, 1.54) is 10.4 Å². The average Bonchev–Trinajstić information content (AvgIpc) is 3.30. The molecule has 0 saturated carbocycles. The number of benzene rings is 1. The first-order chi connectivity index (χ1) is 13.6. The maximum atomic E-state index is 12.9. The number of nitrogens with zero attached hydrogens (tertiary/aromatic N) is 2. The Morgan fingerprint density at radius 2 is 1.97 bits per heavy atom. The number of anilines is 1. The van der Waals surface area contributed by atoms with Crippen LogP contribution < -0.4 is 10.6 Å². The van der Waals surface area contributed by atoms with Gasteiger partial charge in [0.05, 0.1) is 28.7 Å². The van der Waals surface area contributed by atoms with Crippen LogP contribution in [-0.2, 0) is 24.7 Å². The lowest BCUT2D eigenvalue weighted by atomic mass is 10.2. The second-order valence-electron chi connectivity index (χ2n) is 7.07. The van der Waals surface area contributed by atoms with Crippen LogP contribution in [0.25, 0.3) is 0 Å². The Morgan fingerprint density at radius 1 is 1.28 bits per heavy atom. The Bertz CT molecular complexity index is 1020. The van der Waals surface area contributed by atoms with Crippen LogP contribution in [0.3, 0.4) is 0 Å². The number of amides is 1. The van der Waals surface area contributed by atoms with E-state index in [0.717, 1.165) is 12.1 Å². The maximum Gasteiger partial charge on any atom is 0.270 e. The van der Waals surface area contributed by atoms with E-state index in [2.05, 4.69) is 10.6 Å². The van der Waals surface area contributed by atoms with Crippen molar-refractivity contribution >= 4 is 37.1 Å². The lowest BCUT2D eigenvalue weighted by Gasteiger charge is -2.19. The Kier molecular flexibility index (Phi) is 6.10. The Hall–Kier alpha value is -2.25. The van der Waals surface area contributed by atoms with Crippen molar-refractivity contribution in [1.29, 1.82) is 0 Å². The van der Waals surface area contributed by atoms with E-state index in [4.69, 9.17) is 0 Å². The monoisotopic (exact) mass is 446 g/mol. The number of non-ortho nitro benzene ring substituents is 1. The molecule has 1 aromatic carbocycles. The summed E-state index contributed by atoms with van der Waals surface area (Å²) in [7, 11) is -7.10. The first kappa shape index (κ1) is 21.5. The van der Waals surface area contributed by atoms with Crippen molar-refractivity contribution in [2.75, 3.05) is 36.5 Å². The van der Waals surface area contributed by atoms with Crippen molar-refractivity contribution in [3.63, 3.8) is 0 Å². The molecule has 160 valence electrons. The number of nitro groups is 1. The number of rotatable bonds is 7. The molecule has 2 N–H and O–H groups in total. The summed E-state index contributed by atoms with van der Waals surface area (Å²) in [6.07, 6.45) is 1.76. The number of nitrogens with one attached hydrogen (secondary N) is 2. The van der Waals surface area contributed by atoms with Crippen molar-refractivity contribution in [2.45, 2.75) is 30.2 Å². The summed E-state index contributed by atoms with van der Waals surface area (Å²) in [5.74, 6) is -0.591. The van der Waals surface area contributed by atoms with Gasteiger partial charge in [0.15, 0.2) is 9.84 Å². The van der Waals surface area contributed by atoms with Crippen LogP contribution in [0.1, 0.15) is 19.3 Å². The number of nitro benzene ring substituents is 1. The molecule has 0 bridgehead atoms. The molecule has 2 saturated heterocycles. The normalized spacial score (nSPS) is 21.7. The van der Waals surface area contributed by atoms with E-state index in [-0.39, 0.29) is 34.3 Å². The van der Waals surface area contributed by atoms with E-state index in [0.29, 0.717) is 32.4 Å². The van der Waals surface area contributed by atoms with Gasteiger partial charge in [0.25, 0.3) is 5.69 Å². The lowest BCUT2D eigenvalue weighted by Crippen LogP contribution is -2.39. The van der Waals surface area contributed by atoms with Crippen LogP contribution in [0.15, 0.2) is 23.1 Å². The number of sulfone groups is 1. The van der Waals surface area contributed by atoms with Crippen molar-refractivity contribution in [1.82, 2.24) is 9.62 Å². The molecule has 2 heterocycles. The summed E-state index contributed by atoms with van der Waals surface area (Å²) in [4.78, 5) is 22.3. The Morgan fingerprint density at radius 3 is 2.55 bits per heavy atom. The topological polar surface area (TPSA) is 156 Å². The predicted molar refractivity (Wildman–Crippen MR) is 105 cm³/mol. The lowest BCUT2D eigenvalue weighted by molar-refractivity contribution is -0.385. The van der Waals surface area contributed by atoms with Gasteiger partial charge in [0.1, 0.15) is 4.90 Å². The third-order valence-electron chi connectivity index (χ3n) is 4.90. The van der Waals surface area contributed by atoms with E-state index >= 15 is 0 Å². The quantitative estimate of drug-likeness (QED) is 0.441. The van der Waals surface area contributed by atoms with Gasteiger partial charge in [-0.3, -0.25) is 14.9 Å². The van der Waals surface area contributed by atoms with Crippen molar-refractivity contribution in [2.24, 2.45) is 0 Å². The molecule has 0 aromatic heterocycles. The summed E-state index contributed by atoms with van der Waals surface area (Å²) in [5, 5.41) is 16.4. The maximum absolute atomic E-state index is 12.9. The molecule has 11 nitrogen and oxygen atoms in total. The molecule has 3 rings (SSSR count). The van der Waals surface area contributed by atoms with Crippen LogP contribution in [0.4, 0.5) is 11.4 Å². The zero-order chi connectivity index (χ0) is 21.2. The molecule has 0 aliphatic carbocycles. The van der Waals surface area contributed by atoms with E-state index in [9.17, 15) is 31.7 Å². The summed E-state index contributed by atoms with van der Waals surface area (Å²) < 4.78 is 50.1. The molecular weight excluding hydrogens is 424 g/mol. The van der Waals surface area contributed by atoms with Gasteiger partial charge in [-0.05, 0) is 25.3 Å². The molecular formula is C16H22N4O7S2. The SMILES string of the molecule is O=C(CNc1ccc([N+](=O)[O-])cc1S(=O)(=O)N1CCCC1)N[C@H]1CCS(=O)(=O)C1. The van der Waals surface area contributed by atoms with Gasteiger partial charge in [-0.25, -0.2) is 16.8 Å². The first-order valence-corrected chi connectivity index (χ1v) is 12.4. The summed E-state index contributed by atoms with van der Waals surface area (Å²) >= 11 is 0. The van der Waals surface area contributed by atoms with Crippen LogP contribution in [0, 0.1) is 10.1 Å². The molecule has 13 heteroatoms. The molecule has 2 aliphatic heterocycles. The van der Waals surface area contributed by atoms with Crippen LogP contribution in [0.2, 0.25) is 0 Å². The summed E-state index contributed by atoms with van der Waals surface area (Å²) in [6.45, 7) is 0.374. The standard InChI is InChI=1S/C16H22N4O7S2/c21-16(18-12-5-8-28(24,25)11-12)10-17-14-4-3-13(20(22)23)9-15(14)29(26,27)19-6-1-2-7-19/h3-4,9,12,17H,1-2,5-8,10-11H2,(H,18,21)/t12-/m0/s1. The first-order valence-electron chi connectivity index (χ1n) is 9.11. The predicted octanol–water partition coefficient (Wildman–Crippen LogP) is 0.0945. The highest BCUT2D eigenvalue weighted by Gasteiger charge is 2.32. The molecule has 2 aliphatic rings. The summed E-state index contributed by atoms with van der Waals surface area (Å²) in [6, 6.07) is 2.93. The molecule has 0 spiro atoms. The van der Waals surface area contributed by atoms with Crippen LogP contribution in [0.5, 0.6) is 0 Å². The molecule has 1 amide bonds. The zero-order valence-electron chi connectivity index (χ0n) is 15.5. The van der Waals surface area contributed by atoms with Gasteiger partial charge >= 0.3 is 0 Å². The molecule has 2 fully saturated rings. The largest absolute Gasteiger partial charge is 0.375 e. The van der Waals surface area contributed by atoms with Crippen molar-refractivity contribution < 1.29 is 26.6 Å². The highest BCUT2D eigenvalue weighted by atomic mass is 32.2. The molecule has 0 radical (unpaired) electrons. The van der Waals surface area contributed by atoms with Crippen LogP contribution in [-0.4, -0.2) is 69.2 Å². The third kappa shape index (κ3) is 5.03.